The summed E-state index contributed by atoms with van der Waals surface area (Å²) in [6.45, 7) is 5.11. The van der Waals surface area contributed by atoms with Gasteiger partial charge in [0.1, 0.15) is 5.75 Å². The van der Waals surface area contributed by atoms with Crippen LogP contribution in [0.25, 0.3) is 10.9 Å². The zero-order valence-corrected chi connectivity index (χ0v) is 14.6. The molecule has 0 amide bonds. The van der Waals surface area contributed by atoms with Gasteiger partial charge in [0.05, 0.1) is 18.3 Å². The molecule has 4 heteroatoms. The molecule has 0 saturated carbocycles. The summed E-state index contributed by atoms with van der Waals surface area (Å²) < 4.78 is 5.24. The number of pyridine rings is 1. The minimum Gasteiger partial charge on any atom is -0.497 e. The third-order valence-electron chi connectivity index (χ3n) is 4.85. The lowest BCUT2D eigenvalue weighted by Crippen LogP contribution is -2.46. The monoisotopic (exact) mass is 333 g/mol. The predicted molar refractivity (Wildman–Crippen MR) is 102 cm³/mol. The van der Waals surface area contributed by atoms with Crippen LogP contribution in [0.2, 0.25) is 0 Å². The highest BCUT2D eigenvalue weighted by Gasteiger charge is 2.17. The molecule has 0 N–H and O–H groups in total. The number of para-hydroxylation sites is 1. The Hall–Kier alpha value is -2.59. The molecule has 1 aliphatic rings. The molecule has 0 aliphatic carbocycles. The SMILES string of the molecule is COc1ccc(N2CCN(Cc3ccc4ccccc4n3)CC2)cc1. The first-order valence-corrected chi connectivity index (χ1v) is 8.78. The molecule has 0 bridgehead atoms. The topological polar surface area (TPSA) is 28.6 Å². The number of hydrogen-bond donors (Lipinski definition) is 0. The maximum absolute atomic E-state index is 5.24. The first-order valence-electron chi connectivity index (χ1n) is 8.78. The largest absolute Gasteiger partial charge is 0.497 e. The minimum atomic E-state index is 0.907. The number of piperazine rings is 1. The van der Waals surface area contributed by atoms with Crippen molar-refractivity contribution in [3.8, 4) is 5.75 Å². The van der Waals surface area contributed by atoms with Crippen LogP contribution < -0.4 is 9.64 Å². The van der Waals surface area contributed by atoms with E-state index in [9.17, 15) is 0 Å². The molecule has 128 valence electrons. The van der Waals surface area contributed by atoms with Gasteiger partial charge >= 0.3 is 0 Å². The molecule has 3 aromatic rings. The summed E-state index contributed by atoms with van der Waals surface area (Å²) in [5.74, 6) is 0.907. The van der Waals surface area contributed by atoms with E-state index in [1.165, 1.54) is 11.1 Å². The minimum absolute atomic E-state index is 0.907. The van der Waals surface area contributed by atoms with Crippen molar-refractivity contribution >= 4 is 16.6 Å². The van der Waals surface area contributed by atoms with Gasteiger partial charge in [-0.15, -0.1) is 0 Å². The lowest BCUT2D eigenvalue weighted by molar-refractivity contribution is 0.247. The summed E-state index contributed by atoms with van der Waals surface area (Å²) in [5.41, 5.74) is 3.50. The fourth-order valence-corrected chi connectivity index (χ4v) is 3.38. The van der Waals surface area contributed by atoms with Gasteiger partial charge in [0, 0.05) is 43.8 Å². The molecular weight excluding hydrogens is 310 g/mol. The van der Waals surface area contributed by atoms with Gasteiger partial charge in [-0.05, 0) is 36.4 Å². The number of hydrogen-bond acceptors (Lipinski definition) is 4. The van der Waals surface area contributed by atoms with E-state index >= 15 is 0 Å². The first-order chi connectivity index (χ1) is 12.3. The Morgan fingerprint density at radius 2 is 1.64 bits per heavy atom. The van der Waals surface area contributed by atoms with E-state index in [-0.39, 0.29) is 0 Å². The van der Waals surface area contributed by atoms with Crippen molar-refractivity contribution in [1.82, 2.24) is 9.88 Å². The van der Waals surface area contributed by atoms with Gasteiger partial charge in [-0.25, -0.2) is 0 Å². The van der Waals surface area contributed by atoms with Crippen LogP contribution in [0.15, 0.2) is 60.7 Å². The second-order valence-corrected chi connectivity index (χ2v) is 6.46. The number of fused-ring (bicyclic) bond motifs is 1. The lowest BCUT2D eigenvalue weighted by atomic mass is 10.2. The number of aromatic nitrogens is 1. The number of nitrogens with zero attached hydrogens (tertiary/aromatic N) is 3. The average molecular weight is 333 g/mol. The second-order valence-electron chi connectivity index (χ2n) is 6.46. The normalized spacial score (nSPS) is 15.5. The Morgan fingerprint density at radius 3 is 2.40 bits per heavy atom. The number of rotatable bonds is 4. The number of benzene rings is 2. The van der Waals surface area contributed by atoms with E-state index in [2.05, 4.69) is 52.3 Å². The molecule has 0 radical (unpaired) electrons. The smallest absolute Gasteiger partial charge is 0.119 e. The molecule has 0 unspecified atom stereocenters. The molecule has 25 heavy (non-hydrogen) atoms. The van der Waals surface area contributed by atoms with Crippen LogP contribution in [0.5, 0.6) is 5.75 Å². The van der Waals surface area contributed by atoms with E-state index in [4.69, 9.17) is 9.72 Å². The Kier molecular flexibility index (Phi) is 4.53. The fourth-order valence-electron chi connectivity index (χ4n) is 3.38. The Bertz CT molecular complexity index is 839. The van der Waals surface area contributed by atoms with Crippen molar-refractivity contribution in [2.45, 2.75) is 6.54 Å². The molecule has 2 aromatic carbocycles. The summed E-state index contributed by atoms with van der Waals surface area (Å²) in [7, 11) is 1.70. The molecule has 1 aliphatic heterocycles. The molecule has 4 rings (SSSR count). The zero-order chi connectivity index (χ0) is 17.1. The molecular formula is C21H23N3O. The Labute approximate surface area is 148 Å². The van der Waals surface area contributed by atoms with E-state index in [0.717, 1.165) is 49.7 Å². The molecule has 1 fully saturated rings. The molecule has 2 heterocycles. The summed E-state index contributed by atoms with van der Waals surface area (Å²) >= 11 is 0. The number of ether oxygens (including phenoxy) is 1. The van der Waals surface area contributed by atoms with Gasteiger partial charge < -0.3 is 9.64 Å². The zero-order valence-electron chi connectivity index (χ0n) is 14.6. The molecule has 0 spiro atoms. The van der Waals surface area contributed by atoms with Gasteiger partial charge in [-0.3, -0.25) is 9.88 Å². The van der Waals surface area contributed by atoms with Gasteiger partial charge in [0.2, 0.25) is 0 Å². The molecule has 0 atom stereocenters. The highest BCUT2D eigenvalue weighted by Crippen LogP contribution is 2.21. The number of methoxy groups -OCH3 is 1. The third-order valence-corrected chi connectivity index (χ3v) is 4.85. The van der Waals surface area contributed by atoms with E-state index in [1.807, 2.05) is 18.2 Å². The van der Waals surface area contributed by atoms with Gasteiger partial charge in [0.25, 0.3) is 0 Å². The van der Waals surface area contributed by atoms with Crippen LogP contribution in [0, 0.1) is 0 Å². The standard InChI is InChI=1S/C21H23N3O/c1-25-20-10-8-19(9-11-20)24-14-12-23(13-15-24)16-18-7-6-17-4-2-3-5-21(17)22-18/h2-11H,12-16H2,1H3. The lowest BCUT2D eigenvalue weighted by Gasteiger charge is -2.36. The third kappa shape index (κ3) is 3.59. The van der Waals surface area contributed by atoms with E-state index in [0.29, 0.717) is 0 Å². The molecule has 1 saturated heterocycles. The summed E-state index contributed by atoms with van der Waals surface area (Å²) in [6, 6.07) is 21.0. The van der Waals surface area contributed by atoms with Crippen molar-refractivity contribution in [3.63, 3.8) is 0 Å². The predicted octanol–water partition coefficient (Wildman–Crippen LogP) is 3.57. The van der Waals surface area contributed by atoms with Crippen molar-refractivity contribution < 1.29 is 4.74 Å². The Morgan fingerprint density at radius 1 is 0.880 bits per heavy atom. The molecule has 4 nitrogen and oxygen atoms in total. The van der Waals surface area contributed by atoms with Crippen LogP contribution in [0.3, 0.4) is 0 Å². The maximum atomic E-state index is 5.24. The Balaban J connectivity index is 1.37. The van der Waals surface area contributed by atoms with Crippen LogP contribution >= 0.6 is 0 Å². The average Bonchev–Trinajstić information content (AvgIpc) is 2.69. The fraction of sp³-hybridized carbons (Fsp3) is 0.286. The number of anilines is 1. The first kappa shape index (κ1) is 15.9. The van der Waals surface area contributed by atoms with Crippen LogP contribution in [-0.2, 0) is 6.54 Å². The van der Waals surface area contributed by atoms with E-state index < -0.39 is 0 Å². The van der Waals surface area contributed by atoms with Crippen LogP contribution in [0.4, 0.5) is 5.69 Å². The summed E-state index contributed by atoms with van der Waals surface area (Å²) in [4.78, 5) is 9.71. The van der Waals surface area contributed by atoms with Gasteiger partial charge in [-0.1, -0.05) is 24.3 Å². The van der Waals surface area contributed by atoms with Gasteiger partial charge in [0.15, 0.2) is 0 Å². The summed E-state index contributed by atoms with van der Waals surface area (Å²) in [6.07, 6.45) is 0. The van der Waals surface area contributed by atoms with Crippen molar-refractivity contribution in [2.75, 3.05) is 38.2 Å². The van der Waals surface area contributed by atoms with Crippen molar-refractivity contribution in [2.24, 2.45) is 0 Å². The van der Waals surface area contributed by atoms with Gasteiger partial charge in [-0.2, -0.15) is 0 Å². The highest BCUT2D eigenvalue weighted by molar-refractivity contribution is 5.78. The quantitative estimate of drug-likeness (QED) is 0.730. The second kappa shape index (κ2) is 7.11. The van der Waals surface area contributed by atoms with Crippen molar-refractivity contribution in [3.05, 3.63) is 66.4 Å². The van der Waals surface area contributed by atoms with Crippen LogP contribution in [-0.4, -0.2) is 43.2 Å². The summed E-state index contributed by atoms with van der Waals surface area (Å²) in [5, 5.41) is 1.20. The highest BCUT2D eigenvalue weighted by atomic mass is 16.5. The van der Waals surface area contributed by atoms with E-state index in [1.54, 1.807) is 7.11 Å². The van der Waals surface area contributed by atoms with Crippen molar-refractivity contribution in [1.29, 1.82) is 0 Å². The molecule has 1 aromatic heterocycles. The maximum Gasteiger partial charge on any atom is 0.119 e. The van der Waals surface area contributed by atoms with Crippen LogP contribution in [0.1, 0.15) is 5.69 Å².